The molecule has 2 unspecified atom stereocenters. The lowest BCUT2D eigenvalue weighted by Crippen LogP contribution is -2.28. The standard InChI is InChI=1S/C16H21ClN2O3/c1-10-4-5-11(17)8-14(10)19-16(21)13-9-12(13)15(20)18-6-3-7-22-2/h4-5,8,12-13H,3,6-7,9H2,1-2H3,(H,18,20)(H,19,21). The number of amides is 2. The first kappa shape index (κ1) is 16.8. The summed E-state index contributed by atoms with van der Waals surface area (Å²) in [6, 6.07) is 5.35. The van der Waals surface area contributed by atoms with Gasteiger partial charge in [0, 0.05) is 31.0 Å². The Morgan fingerprint density at radius 3 is 2.77 bits per heavy atom. The van der Waals surface area contributed by atoms with Crippen molar-refractivity contribution in [1.82, 2.24) is 5.32 Å². The molecule has 2 atom stereocenters. The van der Waals surface area contributed by atoms with E-state index in [1.807, 2.05) is 13.0 Å². The minimum absolute atomic E-state index is 0.0564. The molecule has 0 spiro atoms. The van der Waals surface area contributed by atoms with Crippen LogP contribution < -0.4 is 10.6 Å². The van der Waals surface area contributed by atoms with Crippen molar-refractivity contribution >= 4 is 29.1 Å². The van der Waals surface area contributed by atoms with Crippen LogP contribution in [0.5, 0.6) is 0 Å². The van der Waals surface area contributed by atoms with Gasteiger partial charge in [0.05, 0.1) is 11.8 Å². The van der Waals surface area contributed by atoms with E-state index in [1.54, 1.807) is 19.2 Å². The molecule has 0 radical (unpaired) electrons. The molecule has 0 aromatic heterocycles. The molecule has 0 heterocycles. The second-order valence-electron chi connectivity index (χ2n) is 5.53. The van der Waals surface area contributed by atoms with E-state index >= 15 is 0 Å². The quantitative estimate of drug-likeness (QED) is 0.757. The van der Waals surface area contributed by atoms with Crippen molar-refractivity contribution in [3.8, 4) is 0 Å². The number of aryl methyl sites for hydroxylation is 1. The Kier molecular flexibility index (Phi) is 5.80. The van der Waals surface area contributed by atoms with Crippen molar-refractivity contribution in [2.75, 3.05) is 25.6 Å². The van der Waals surface area contributed by atoms with Crippen LogP contribution in [0.15, 0.2) is 18.2 Å². The number of nitrogens with one attached hydrogen (secondary N) is 2. The maximum Gasteiger partial charge on any atom is 0.228 e. The first-order chi connectivity index (χ1) is 10.5. The topological polar surface area (TPSA) is 67.4 Å². The molecule has 1 aromatic rings. The lowest BCUT2D eigenvalue weighted by molar-refractivity contribution is -0.125. The van der Waals surface area contributed by atoms with Crippen LogP contribution in [0.4, 0.5) is 5.69 Å². The molecule has 22 heavy (non-hydrogen) atoms. The van der Waals surface area contributed by atoms with Gasteiger partial charge in [-0.3, -0.25) is 9.59 Å². The molecule has 5 nitrogen and oxygen atoms in total. The van der Waals surface area contributed by atoms with Gasteiger partial charge in [0.15, 0.2) is 0 Å². The molecule has 2 amide bonds. The summed E-state index contributed by atoms with van der Waals surface area (Å²) in [5.41, 5.74) is 1.64. The van der Waals surface area contributed by atoms with E-state index in [0.29, 0.717) is 30.3 Å². The van der Waals surface area contributed by atoms with E-state index in [1.165, 1.54) is 0 Å². The summed E-state index contributed by atoms with van der Waals surface area (Å²) in [5, 5.41) is 6.25. The fourth-order valence-electron chi connectivity index (χ4n) is 2.29. The summed E-state index contributed by atoms with van der Waals surface area (Å²) in [6.45, 7) is 3.09. The van der Waals surface area contributed by atoms with Crippen LogP contribution in [-0.2, 0) is 14.3 Å². The van der Waals surface area contributed by atoms with E-state index in [4.69, 9.17) is 16.3 Å². The second-order valence-corrected chi connectivity index (χ2v) is 5.97. The third-order valence-corrected chi connectivity index (χ3v) is 3.98. The molecule has 1 fully saturated rings. The lowest BCUT2D eigenvalue weighted by Gasteiger charge is -2.09. The monoisotopic (exact) mass is 324 g/mol. The number of rotatable bonds is 7. The van der Waals surface area contributed by atoms with Gasteiger partial charge in [0.25, 0.3) is 0 Å². The number of hydrogen-bond acceptors (Lipinski definition) is 3. The Morgan fingerprint density at radius 1 is 1.32 bits per heavy atom. The third kappa shape index (κ3) is 4.45. The molecule has 1 aliphatic carbocycles. The Hall–Kier alpha value is -1.59. The molecule has 0 aliphatic heterocycles. The van der Waals surface area contributed by atoms with Crippen molar-refractivity contribution in [3.05, 3.63) is 28.8 Å². The summed E-state index contributed by atoms with van der Waals surface area (Å²) in [5.74, 6) is -0.649. The van der Waals surface area contributed by atoms with E-state index < -0.39 is 0 Å². The minimum atomic E-state index is -0.249. The third-order valence-electron chi connectivity index (χ3n) is 3.75. The molecule has 2 N–H and O–H groups in total. The summed E-state index contributed by atoms with van der Waals surface area (Å²) in [7, 11) is 1.63. The summed E-state index contributed by atoms with van der Waals surface area (Å²) in [4.78, 5) is 24.1. The van der Waals surface area contributed by atoms with Gasteiger partial charge in [-0.05, 0) is 37.5 Å². The predicted molar refractivity (Wildman–Crippen MR) is 85.9 cm³/mol. The zero-order chi connectivity index (χ0) is 16.1. The number of carbonyl (C=O) groups is 2. The minimum Gasteiger partial charge on any atom is -0.385 e. The van der Waals surface area contributed by atoms with Gasteiger partial charge in [-0.1, -0.05) is 17.7 Å². The Labute approximate surface area is 135 Å². The summed E-state index contributed by atoms with van der Waals surface area (Å²) in [6.07, 6.45) is 1.37. The van der Waals surface area contributed by atoms with Gasteiger partial charge in [0.1, 0.15) is 0 Å². The van der Waals surface area contributed by atoms with Crippen LogP contribution in [0.25, 0.3) is 0 Å². The van der Waals surface area contributed by atoms with Crippen LogP contribution in [0.1, 0.15) is 18.4 Å². The van der Waals surface area contributed by atoms with Crippen molar-refractivity contribution < 1.29 is 14.3 Å². The molecule has 1 aliphatic rings. The van der Waals surface area contributed by atoms with Gasteiger partial charge in [0.2, 0.25) is 11.8 Å². The number of hydrogen-bond donors (Lipinski definition) is 2. The maximum absolute atomic E-state index is 12.2. The number of carbonyl (C=O) groups excluding carboxylic acids is 2. The SMILES string of the molecule is COCCCNC(=O)C1CC1C(=O)Nc1cc(Cl)ccc1C. The van der Waals surface area contributed by atoms with E-state index in [2.05, 4.69) is 10.6 Å². The molecule has 2 rings (SSSR count). The largest absolute Gasteiger partial charge is 0.385 e. The maximum atomic E-state index is 12.2. The van der Waals surface area contributed by atoms with Crippen LogP contribution in [0.2, 0.25) is 5.02 Å². The van der Waals surface area contributed by atoms with Crippen molar-refractivity contribution in [2.24, 2.45) is 11.8 Å². The first-order valence-corrected chi connectivity index (χ1v) is 7.74. The van der Waals surface area contributed by atoms with Crippen LogP contribution in [-0.4, -0.2) is 32.1 Å². The van der Waals surface area contributed by atoms with E-state index in [-0.39, 0.29) is 23.7 Å². The fourth-order valence-corrected chi connectivity index (χ4v) is 2.46. The molecule has 6 heteroatoms. The predicted octanol–water partition coefficient (Wildman–Crippen LogP) is 2.38. The highest BCUT2D eigenvalue weighted by Crippen LogP contribution is 2.39. The molecular weight excluding hydrogens is 304 g/mol. The van der Waals surface area contributed by atoms with Crippen molar-refractivity contribution in [2.45, 2.75) is 19.8 Å². The highest BCUT2D eigenvalue weighted by Gasteiger charge is 2.47. The zero-order valence-corrected chi connectivity index (χ0v) is 13.6. The van der Waals surface area contributed by atoms with Gasteiger partial charge in [-0.15, -0.1) is 0 Å². The normalized spacial score (nSPS) is 19.6. The summed E-state index contributed by atoms with van der Waals surface area (Å²) < 4.78 is 4.92. The Morgan fingerprint density at radius 2 is 2.05 bits per heavy atom. The van der Waals surface area contributed by atoms with Gasteiger partial charge < -0.3 is 15.4 Å². The van der Waals surface area contributed by atoms with Gasteiger partial charge in [-0.2, -0.15) is 0 Å². The zero-order valence-electron chi connectivity index (χ0n) is 12.8. The lowest BCUT2D eigenvalue weighted by atomic mass is 10.2. The van der Waals surface area contributed by atoms with E-state index in [9.17, 15) is 9.59 Å². The van der Waals surface area contributed by atoms with Gasteiger partial charge >= 0.3 is 0 Å². The molecular formula is C16H21ClN2O3. The average Bonchev–Trinajstić information content (AvgIpc) is 3.28. The second kappa shape index (κ2) is 7.61. The molecule has 1 aromatic carbocycles. The van der Waals surface area contributed by atoms with Crippen LogP contribution in [0, 0.1) is 18.8 Å². The van der Waals surface area contributed by atoms with Crippen LogP contribution in [0.3, 0.4) is 0 Å². The number of halogens is 1. The van der Waals surface area contributed by atoms with Gasteiger partial charge in [-0.25, -0.2) is 0 Å². The Bertz CT molecular complexity index is 562. The van der Waals surface area contributed by atoms with Crippen molar-refractivity contribution in [3.63, 3.8) is 0 Å². The molecule has 0 bridgehead atoms. The number of ether oxygens (including phenoxy) is 1. The van der Waals surface area contributed by atoms with E-state index in [0.717, 1.165) is 12.0 Å². The molecule has 1 saturated carbocycles. The average molecular weight is 325 g/mol. The highest BCUT2D eigenvalue weighted by atomic mass is 35.5. The Balaban J connectivity index is 1.80. The fraction of sp³-hybridized carbons (Fsp3) is 0.500. The molecule has 120 valence electrons. The summed E-state index contributed by atoms with van der Waals surface area (Å²) >= 11 is 5.93. The van der Waals surface area contributed by atoms with Crippen molar-refractivity contribution in [1.29, 1.82) is 0 Å². The first-order valence-electron chi connectivity index (χ1n) is 7.36. The smallest absolute Gasteiger partial charge is 0.228 e. The molecule has 0 saturated heterocycles. The van der Waals surface area contributed by atoms with Crippen LogP contribution >= 0.6 is 11.6 Å². The number of anilines is 1. The highest BCUT2D eigenvalue weighted by molar-refractivity contribution is 6.31. The number of benzene rings is 1. The number of methoxy groups -OCH3 is 1.